The first-order valence-corrected chi connectivity index (χ1v) is 6.26. The summed E-state index contributed by atoms with van der Waals surface area (Å²) in [6.45, 7) is 1.64. The van der Waals surface area contributed by atoms with Gasteiger partial charge in [-0.25, -0.2) is 0 Å². The Morgan fingerprint density at radius 2 is 2.00 bits per heavy atom. The summed E-state index contributed by atoms with van der Waals surface area (Å²) in [5, 5.41) is 13.4. The molecule has 3 rings (SSSR count). The number of piperidine rings is 1. The molecule has 1 N–H and O–H groups in total. The highest BCUT2D eigenvalue weighted by Gasteiger charge is 2.35. The Hall–Kier alpha value is -1.52. The van der Waals surface area contributed by atoms with Crippen LogP contribution in [0.4, 0.5) is 0 Å². The van der Waals surface area contributed by atoms with Gasteiger partial charge < -0.3 is 10.0 Å². The molecule has 0 bridgehead atoms. The molecule has 1 aromatic rings. The standard InChI is InChI=1S/C12H17N3O2/c16-11-7-13-15(8-11)10-3-5-14(6-4-10)12(17)9-1-2-9/h7-10,16H,1-6H2. The van der Waals surface area contributed by atoms with E-state index in [1.165, 1.54) is 6.20 Å². The maximum atomic E-state index is 11.9. The molecule has 0 unspecified atom stereocenters. The van der Waals surface area contributed by atoms with Gasteiger partial charge in [0, 0.05) is 19.0 Å². The first kappa shape index (κ1) is 10.6. The van der Waals surface area contributed by atoms with Gasteiger partial charge in [0.2, 0.25) is 5.91 Å². The summed E-state index contributed by atoms with van der Waals surface area (Å²) < 4.78 is 1.81. The van der Waals surface area contributed by atoms with E-state index in [0.717, 1.165) is 38.8 Å². The fraction of sp³-hybridized carbons (Fsp3) is 0.667. The van der Waals surface area contributed by atoms with Crippen molar-refractivity contribution in [2.24, 2.45) is 5.92 Å². The zero-order valence-electron chi connectivity index (χ0n) is 9.75. The smallest absolute Gasteiger partial charge is 0.225 e. The Bertz CT molecular complexity index is 417. The van der Waals surface area contributed by atoms with Gasteiger partial charge in [-0.2, -0.15) is 5.10 Å². The second-order valence-electron chi connectivity index (χ2n) is 5.01. The molecule has 1 amide bonds. The Labute approximate surface area is 100 Å². The minimum absolute atomic E-state index is 0.210. The first-order chi connectivity index (χ1) is 8.24. The van der Waals surface area contributed by atoms with Crippen LogP contribution in [0.5, 0.6) is 5.75 Å². The number of amides is 1. The molecule has 1 saturated carbocycles. The van der Waals surface area contributed by atoms with Crippen LogP contribution in [0.2, 0.25) is 0 Å². The molecule has 2 fully saturated rings. The number of aromatic nitrogens is 2. The summed E-state index contributed by atoms with van der Waals surface area (Å²) in [7, 11) is 0. The first-order valence-electron chi connectivity index (χ1n) is 6.26. The largest absolute Gasteiger partial charge is 0.505 e. The predicted octanol–water partition coefficient (Wildman–Crippen LogP) is 1.16. The van der Waals surface area contributed by atoms with E-state index in [0.29, 0.717) is 17.9 Å². The molecule has 0 atom stereocenters. The fourth-order valence-corrected chi connectivity index (χ4v) is 2.47. The van der Waals surface area contributed by atoms with Gasteiger partial charge in [-0.05, 0) is 25.7 Å². The number of aromatic hydroxyl groups is 1. The lowest BCUT2D eigenvalue weighted by Crippen LogP contribution is -2.39. The number of nitrogens with zero attached hydrogens (tertiary/aromatic N) is 3. The van der Waals surface area contributed by atoms with Crippen molar-refractivity contribution in [1.29, 1.82) is 0 Å². The molecule has 1 aliphatic heterocycles. The molecule has 92 valence electrons. The lowest BCUT2D eigenvalue weighted by Gasteiger charge is -2.32. The van der Waals surface area contributed by atoms with Crippen molar-refractivity contribution in [2.75, 3.05) is 13.1 Å². The Balaban J connectivity index is 1.58. The van der Waals surface area contributed by atoms with Crippen LogP contribution in [0, 0.1) is 5.92 Å². The van der Waals surface area contributed by atoms with Crippen LogP contribution in [-0.2, 0) is 4.79 Å². The van der Waals surface area contributed by atoms with Crippen LogP contribution >= 0.6 is 0 Å². The second-order valence-corrected chi connectivity index (χ2v) is 5.01. The van der Waals surface area contributed by atoms with E-state index >= 15 is 0 Å². The monoisotopic (exact) mass is 235 g/mol. The van der Waals surface area contributed by atoms with Crippen LogP contribution in [0.15, 0.2) is 12.4 Å². The second kappa shape index (κ2) is 4.05. The summed E-state index contributed by atoms with van der Waals surface area (Å²) in [6.07, 6.45) is 7.13. The van der Waals surface area contributed by atoms with Crippen molar-refractivity contribution >= 4 is 5.91 Å². The number of hydrogen-bond donors (Lipinski definition) is 1. The van der Waals surface area contributed by atoms with Gasteiger partial charge in [0.1, 0.15) is 0 Å². The lowest BCUT2D eigenvalue weighted by molar-refractivity contribution is -0.133. The maximum absolute atomic E-state index is 11.9. The van der Waals surface area contributed by atoms with E-state index in [9.17, 15) is 9.90 Å². The van der Waals surface area contributed by atoms with E-state index in [2.05, 4.69) is 5.10 Å². The third-order valence-corrected chi connectivity index (χ3v) is 3.66. The van der Waals surface area contributed by atoms with Gasteiger partial charge >= 0.3 is 0 Å². The summed E-state index contributed by atoms with van der Waals surface area (Å²) >= 11 is 0. The number of carbonyl (C=O) groups excluding carboxylic acids is 1. The molecule has 5 heteroatoms. The van der Waals surface area contributed by atoms with Gasteiger partial charge in [0.15, 0.2) is 5.75 Å². The Kier molecular flexibility index (Phi) is 2.53. The van der Waals surface area contributed by atoms with Crippen LogP contribution in [-0.4, -0.2) is 38.8 Å². The molecular weight excluding hydrogens is 218 g/mol. The zero-order chi connectivity index (χ0) is 11.8. The van der Waals surface area contributed by atoms with Crippen LogP contribution in [0.1, 0.15) is 31.7 Å². The SMILES string of the molecule is O=C(C1CC1)N1CCC(n2cc(O)cn2)CC1. The van der Waals surface area contributed by atoms with Crippen molar-refractivity contribution in [3.8, 4) is 5.75 Å². The topological polar surface area (TPSA) is 58.4 Å². The molecule has 1 aromatic heterocycles. The average Bonchev–Trinajstić information content (AvgIpc) is 3.11. The fourth-order valence-electron chi connectivity index (χ4n) is 2.47. The average molecular weight is 235 g/mol. The number of hydrogen-bond acceptors (Lipinski definition) is 3. The third-order valence-electron chi connectivity index (χ3n) is 3.66. The van der Waals surface area contributed by atoms with E-state index in [4.69, 9.17) is 0 Å². The highest BCUT2D eigenvalue weighted by Crippen LogP contribution is 2.33. The van der Waals surface area contributed by atoms with E-state index in [-0.39, 0.29) is 5.75 Å². The van der Waals surface area contributed by atoms with E-state index in [1.807, 2.05) is 9.58 Å². The Morgan fingerprint density at radius 1 is 1.29 bits per heavy atom. The van der Waals surface area contributed by atoms with Crippen molar-refractivity contribution in [1.82, 2.24) is 14.7 Å². The molecule has 1 aliphatic carbocycles. The van der Waals surface area contributed by atoms with Gasteiger partial charge in [-0.1, -0.05) is 0 Å². The summed E-state index contributed by atoms with van der Waals surface area (Å²) in [5.74, 6) is 0.869. The summed E-state index contributed by atoms with van der Waals surface area (Å²) in [4.78, 5) is 13.9. The normalized spacial score (nSPS) is 21.8. The van der Waals surface area contributed by atoms with Gasteiger partial charge in [0.25, 0.3) is 0 Å². The summed E-state index contributed by atoms with van der Waals surface area (Å²) in [6, 6.07) is 0.319. The number of rotatable bonds is 2. The van der Waals surface area contributed by atoms with Crippen molar-refractivity contribution < 1.29 is 9.90 Å². The quantitative estimate of drug-likeness (QED) is 0.837. The van der Waals surface area contributed by atoms with Gasteiger partial charge in [-0.3, -0.25) is 9.48 Å². The van der Waals surface area contributed by atoms with E-state index < -0.39 is 0 Å². The van der Waals surface area contributed by atoms with Crippen molar-refractivity contribution in [2.45, 2.75) is 31.7 Å². The molecule has 2 aliphatic rings. The third kappa shape index (κ3) is 2.14. The highest BCUT2D eigenvalue weighted by atomic mass is 16.3. The molecule has 0 aromatic carbocycles. The molecule has 0 spiro atoms. The zero-order valence-corrected chi connectivity index (χ0v) is 9.75. The lowest BCUT2D eigenvalue weighted by atomic mass is 10.0. The molecular formula is C12H17N3O2. The maximum Gasteiger partial charge on any atom is 0.225 e. The highest BCUT2D eigenvalue weighted by molar-refractivity contribution is 5.81. The molecule has 5 nitrogen and oxygen atoms in total. The number of carbonyl (C=O) groups is 1. The van der Waals surface area contributed by atoms with Gasteiger partial charge in [-0.15, -0.1) is 0 Å². The van der Waals surface area contributed by atoms with Crippen LogP contribution in [0.3, 0.4) is 0 Å². The number of likely N-dealkylation sites (tertiary alicyclic amines) is 1. The molecule has 1 saturated heterocycles. The van der Waals surface area contributed by atoms with Gasteiger partial charge in [0.05, 0.1) is 18.4 Å². The van der Waals surface area contributed by atoms with Crippen LogP contribution in [0.25, 0.3) is 0 Å². The van der Waals surface area contributed by atoms with E-state index in [1.54, 1.807) is 6.20 Å². The Morgan fingerprint density at radius 3 is 2.53 bits per heavy atom. The van der Waals surface area contributed by atoms with Crippen molar-refractivity contribution in [3.05, 3.63) is 12.4 Å². The summed E-state index contributed by atoms with van der Waals surface area (Å²) in [5.41, 5.74) is 0. The molecule has 2 heterocycles. The van der Waals surface area contributed by atoms with Crippen molar-refractivity contribution in [3.63, 3.8) is 0 Å². The minimum Gasteiger partial charge on any atom is -0.505 e. The molecule has 0 radical (unpaired) electrons. The molecule has 17 heavy (non-hydrogen) atoms. The van der Waals surface area contributed by atoms with Crippen LogP contribution < -0.4 is 0 Å². The predicted molar refractivity (Wildman–Crippen MR) is 61.5 cm³/mol. The minimum atomic E-state index is 0.210.